The van der Waals surface area contributed by atoms with Gasteiger partial charge >= 0.3 is 5.97 Å². The molecular formula is C15H19ClO4. The zero-order valence-electron chi connectivity index (χ0n) is 11.9. The molecule has 1 aromatic rings. The molecule has 0 bridgehead atoms. The molecule has 20 heavy (non-hydrogen) atoms. The molecule has 1 unspecified atom stereocenters. The van der Waals surface area contributed by atoms with Crippen LogP contribution in [0.25, 0.3) is 0 Å². The van der Waals surface area contributed by atoms with Crippen molar-refractivity contribution in [1.29, 1.82) is 0 Å². The highest BCUT2D eigenvalue weighted by Crippen LogP contribution is 2.45. The molecule has 2 rings (SSSR count). The lowest BCUT2D eigenvalue weighted by Gasteiger charge is -2.22. The number of hydrogen-bond acceptors (Lipinski definition) is 3. The molecule has 1 aliphatic rings. The van der Waals surface area contributed by atoms with E-state index in [1.54, 1.807) is 13.0 Å². The number of carbonyl (C=O) groups is 1. The van der Waals surface area contributed by atoms with Crippen LogP contribution in [0.4, 0.5) is 0 Å². The summed E-state index contributed by atoms with van der Waals surface area (Å²) in [5.74, 6) is -0.233. The summed E-state index contributed by atoms with van der Waals surface area (Å²) in [5.41, 5.74) is 1.46. The second kappa shape index (κ2) is 5.92. The van der Waals surface area contributed by atoms with Gasteiger partial charge in [-0.3, -0.25) is 4.79 Å². The Morgan fingerprint density at radius 3 is 2.50 bits per heavy atom. The molecule has 0 amide bonds. The van der Waals surface area contributed by atoms with E-state index in [0.29, 0.717) is 35.3 Å². The highest BCUT2D eigenvalue weighted by atomic mass is 35.5. The first-order valence-corrected chi connectivity index (χ1v) is 7.16. The maximum Gasteiger partial charge on any atom is 0.310 e. The van der Waals surface area contributed by atoms with Crippen LogP contribution < -0.4 is 9.47 Å². The molecule has 0 fully saturated rings. The topological polar surface area (TPSA) is 55.8 Å². The van der Waals surface area contributed by atoms with E-state index in [4.69, 9.17) is 21.1 Å². The third-order valence-electron chi connectivity index (χ3n) is 3.45. The molecule has 4 nitrogen and oxygen atoms in total. The van der Waals surface area contributed by atoms with Crippen molar-refractivity contribution in [3.63, 3.8) is 0 Å². The summed E-state index contributed by atoms with van der Waals surface area (Å²) >= 11 is 6.30. The van der Waals surface area contributed by atoms with Gasteiger partial charge in [0.15, 0.2) is 11.5 Å². The van der Waals surface area contributed by atoms with Crippen LogP contribution in [-0.2, 0) is 4.79 Å². The average Bonchev–Trinajstić information content (AvgIpc) is 2.60. The summed E-state index contributed by atoms with van der Waals surface area (Å²) in [7, 11) is 0. The standard InChI is InChI=1S/C15H19ClO4/c1-8(2)12-13(9(3)15(17)18)10(16)7-11-14(12)20-6-4-5-19-11/h7-9H,4-6H2,1-3H3,(H,17,18). The van der Waals surface area contributed by atoms with Crippen molar-refractivity contribution >= 4 is 17.6 Å². The van der Waals surface area contributed by atoms with E-state index in [0.717, 1.165) is 12.0 Å². The Labute approximate surface area is 123 Å². The molecule has 0 spiro atoms. The number of benzene rings is 1. The Kier molecular flexibility index (Phi) is 4.43. The highest BCUT2D eigenvalue weighted by Gasteiger charge is 2.28. The van der Waals surface area contributed by atoms with Gasteiger partial charge in [-0.15, -0.1) is 0 Å². The summed E-state index contributed by atoms with van der Waals surface area (Å²) in [6, 6.07) is 1.67. The van der Waals surface area contributed by atoms with Gasteiger partial charge in [-0.25, -0.2) is 0 Å². The predicted molar refractivity (Wildman–Crippen MR) is 77.2 cm³/mol. The van der Waals surface area contributed by atoms with Crippen molar-refractivity contribution in [2.75, 3.05) is 13.2 Å². The minimum atomic E-state index is -0.900. The fourth-order valence-electron chi connectivity index (χ4n) is 2.45. The van der Waals surface area contributed by atoms with Crippen LogP contribution in [0.5, 0.6) is 11.5 Å². The molecule has 0 saturated carbocycles. The van der Waals surface area contributed by atoms with Gasteiger partial charge in [0.25, 0.3) is 0 Å². The maximum atomic E-state index is 11.3. The molecule has 1 aliphatic heterocycles. The molecule has 1 N–H and O–H groups in total. The van der Waals surface area contributed by atoms with Crippen LogP contribution in [-0.4, -0.2) is 24.3 Å². The van der Waals surface area contributed by atoms with Crippen molar-refractivity contribution in [2.24, 2.45) is 0 Å². The van der Waals surface area contributed by atoms with Crippen LogP contribution in [0.2, 0.25) is 5.02 Å². The average molecular weight is 299 g/mol. The van der Waals surface area contributed by atoms with Crippen LogP contribution in [0.15, 0.2) is 6.07 Å². The monoisotopic (exact) mass is 298 g/mol. The van der Waals surface area contributed by atoms with Gasteiger partial charge in [0, 0.05) is 23.1 Å². The zero-order chi connectivity index (χ0) is 14.9. The van der Waals surface area contributed by atoms with Gasteiger partial charge in [0.2, 0.25) is 0 Å². The van der Waals surface area contributed by atoms with Crippen LogP contribution >= 0.6 is 11.6 Å². The largest absolute Gasteiger partial charge is 0.489 e. The van der Waals surface area contributed by atoms with Crippen molar-refractivity contribution in [3.05, 3.63) is 22.2 Å². The minimum Gasteiger partial charge on any atom is -0.489 e. The molecule has 0 aliphatic carbocycles. The number of aliphatic carboxylic acids is 1. The predicted octanol–water partition coefficient (Wildman–Crippen LogP) is 3.81. The quantitative estimate of drug-likeness (QED) is 0.922. The molecule has 110 valence electrons. The first kappa shape index (κ1) is 15.0. The number of rotatable bonds is 3. The lowest BCUT2D eigenvalue weighted by molar-refractivity contribution is -0.138. The minimum absolute atomic E-state index is 0.0981. The van der Waals surface area contributed by atoms with E-state index in [2.05, 4.69) is 0 Å². The molecule has 1 heterocycles. The molecule has 0 saturated heterocycles. The van der Waals surface area contributed by atoms with Crippen LogP contribution in [0.3, 0.4) is 0 Å². The summed E-state index contributed by atoms with van der Waals surface area (Å²) in [6.45, 7) is 6.78. The molecule has 1 atom stereocenters. The van der Waals surface area contributed by atoms with E-state index in [9.17, 15) is 9.90 Å². The third-order valence-corrected chi connectivity index (χ3v) is 3.76. The van der Waals surface area contributed by atoms with Crippen molar-refractivity contribution in [1.82, 2.24) is 0 Å². The molecule has 0 radical (unpaired) electrons. The van der Waals surface area contributed by atoms with Gasteiger partial charge in [0.1, 0.15) is 0 Å². The number of halogens is 1. The fraction of sp³-hybridized carbons (Fsp3) is 0.533. The number of carboxylic acid groups (broad SMARTS) is 1. The summed E-state index contributed by atoms with van der Waals surface area (Å²) in [6.07, 6.45) is 0.799. The van der Waals surface area contributed by atoms with E-state index in [1.807, 2.05) is 13.8 Å². The maximum absolute atomic E-state index is 11.3. The van der Waals surface area contributed by atoms with E-state index >= 15 is 0 Å². The van der Waals surface area contributed by atoms with Gasteiger partial charge in [-0.05, 0) is 18.4 Å². The normalized spacial score (nSPS) is 15.8. The van der Waals surface area contributed by atoms with Crippen LogP contribution in [0, 0.1) is 0 Å². The lowest BCUT2D eigenvalue weighted by atomic mass is 9.88. The van der Waals surface area contributed by atoms with Gasteiger partial charge in [-0.2, -0.15) is 0 Å². The second-order valence-electron chi connectivity index (χ2n) is 5.28. The Morgan fingerprint density at radius 1 is 1.25 bits per heavy atom. The fourth-order valence-corrected chi connectivity index (χ4v) is 2.81. The van der Waals surface area contributed by atoms with E-state index < -0.39 is 11.9 Å². The van der Waals surface area contributed by atoms with Gasteiger partial charge in [-0.1, -0.05) is 25.4 Å². The SMILES string of the molecule is CC(C)c1c2c(cc(Cl)c1C(C)C(=O)O)OCCCO2. The van der Waals surface area contributed by atoms with Gasteiger partial charge < -0.3 is 14.6 Å². The number of hydrogen-bond donors (Lipinski definition) is 1. The van der Waals surface area contributed by atoms with Crippen molar-refractivity contribution in [2.45, 2.75) is 39.0 Å². The van der Waals surface area contributed by atoms with Crippen molar-refractivity contribution in [3.8, 4) is 11.5 Å². The first-order valence-electron chi connectivity index (χ1n) is 6.78. The van der Waals surface area contributed by atoms with Gasteiger partial charge in [0.05, 0.1) is 19.1 Å². The first-order chi connectivity index (χ1) is 9.43. The summed E-state index contributed by atoms with van der Waals surface area (Å²) < 4.78 is 11.4. The summed E-state index contributed by atoms with van der Waals surface area (Å²) in [5, 5.41) is 9.72. The lowest BCUT2D eigenvalue weighted by Crippen LogP contribution is -2.13. The Hall–Kier alpha value is -1.42. The molecule has 1 aromatic carbocycles. The Morgan fingerprint density at radius 2 is 1.90 bits per heavy atom. The van der Waals surface area contributed by atoms with Crippen LogP contribution in [0.1, 0.15) is 50.2 Å². The van der Waals surface area contributed by atoms with Crippen molar-refractivity contribution < 1.29 is 19.4 Å². The Bertz CT molecular complexity index is 525. The number of carboxylic acids is 1. The smallest absolute Gasteiger partial charge is 0.310 e. The number of ether oxygens (including phenoxy) is 2. The zero-order valence-corrected chi connectivity index (χ0v) is 12.7. The molecule has 0 aromatic heterocycles. The third kappa shape index (κ3) is 2.70. The molecule has 5 heteroatoms. The van der Waals surface area contributed by atoms with E-state index in [-0.39, 0.29) is 5.92 Å². The number of fused-ring (bicyclic) bond motifs is 1. The summed E-state index contributed by atoms with van der Waals surface area (Å²) in [4.78, 5) is 11.3. The Balaban J connectivity index is 2.67. The highest BCUT2D eigenvalue weighted by molar-refractivity contribution is 6.32. The second-order valence-corrected chi connectivity index (χ2v) is 5.69. The molecular weight excluding hydrogens is 280 g/mol. The van der Waals surface area contributed by atoms with E-state index in [1.165, 1.54) is 0 Å².